The van der Waals surface area contributed by atoms with E-state index in [2.05, 4.69) is 24.3 Å². The molecule has 1 aliphatic heterocycles. The van der Waals surface area contributed by atoms with Crippen LogP contribution in [0, 0.1) is 0 Å². The van der Waals surface area contributed by atoms with Gasteiger partial charge in [-0.2, -0.15) is 5.10 Å². The number of rotatable bonds is 6. The summed E-state index contributed by atoms with van der Waals surface area (Å²) in [4.78, 5) is 12.4. The first-order valence-corrected chi connectivity index (χ1v) is 8.64. The van der Waals surface area contributed by atoms with E-state index in [1.165, 1.54) is 0 Å². The lowest BCUT2D eigenvalue weighted by Crippen LogP contribution is -2.37. The Morgan fingerprint density at radius 3 is 2.80 bits per heavy atom. The number of benzene rings is 1. The molecule has 1 fully saturated rings. The molecule has 6 nitrogen and oxygen atoms in total. The van der Waals surface area contributed by atoms with Crippen molar-refractivity contribution in [2.45, 2.75) is 44.9 Å². The van der Waals surface area contributed by atoms with Crippen LogP contribution in [-0.4, -0.2) is 35.4 Å². The van der Waals surface area contributed by atoms with Gasteiger partial charge in [0.2, 0.25) is 5.91 Å². The van der Waals surface area contributed by atoms with E-state index in [0.29, 0.717) is 19.1 Å². The van der Waals surface area contributed by atoms with E-state index in [4.69, 9.17) is 9.47 Å². The van der Waals surface area contributed by atoms with Crippen molar-refractivity contribution >= 4 is 5.91 Å². The number of carbonyl (C=O) groups is 1. The molecule has 0 spiro atoms. The predicted octanol–water partition coefficient (Wildman–Crippen LogP) is 2.66. The summed E-state index contributed by atoms with van der Waals surface area (Å²) in [7, 11) is 1.63. The average molecular weight is 343 g/mol. The Morgan fingerprint density at radius 1 is 1.40 bits per heavy atom. The quantitative estimate of drug-likeness (QED) is 0.876. The normalized spacial score (nSPS) is 20.0. The Morgan fingerprint density at radius 2 is 2.16 bits per heavy atom. The largest absolute Gasteiger partial charge is 0.497 e. The highest BCUT2D eigenvalue weighted by Crippen LogP contribution is 2.29. The van der Waals surface area contributed by atoms with E-state index in [1.807, 2.05) is 41.3 Å². The van der Waals surface area contributed by atoms with Gasteiger partial charge in [0.1, 0.15) is 11.9 Å². The lowest BCUT2D eigenvalue weighted by Gasteiger charge is -2.19. The van der Waals surface area contributed by atoms with Crippen LogP contribution in [0.1, 0.15) is 43.5 Å². The number of nitrogens with one attached hydrogen (secondary N) is 1. The van der Waals surface area contributed by atoms with Gasteiger partial charge in [-0.25, -0.2) is 0 Å². The zero-order chi connectivity index (χ0) is 17.8. The van der Waals surface area contributed by atoms with Crippen LogP contribution in [0.2, 0.25) is 0 Å². The van der Waals surface area contributed by atoms with Crippen LogP contribution in [-0.2, 0) is 16.0 Å². The second-order valence-electron chi connectivity index (χ2n) is 6.63. The summed E-state index contributed by atoms with van der Waals surface area (Å²) in [6.45, 7) is 4.81. The van der Waals surface area contributed by atoms with Crippen molar-refractivity contribution in [3.8, 4) is 5.75 Å². The third kappa shape index (κ3) is 4.20. The number of nitrogens with zero attached hydrogens (tertiary/aromatic N) is 2. The molecule has 134 valence electrons. The number of carbonyl (C=O) groups excluding carboxylic acids is 1. The molecule has 25 heavy (non-hydrogen) atoms. The van der Waals surface area contributed by atoms with Crippen LogP contribution < -0.4 is 10.1 Å². The van der Waals surface area contributed by atoms with E-state index in [0.717, 1.165) is 23.3 Å². The summed E-state index contributed by atoms with van der Waals surface area (Å²) in [6.07, 6.45) is 4.86. The summed E-state index contributed by atoms with van der Waals surface area (Å²) < 4.78 is 12.9. The number of hydrogen-bond acceptors (Lipinski definition) is 4. The van der Waals surface area contributed by atoms with Crippen LogP contribution in [0.5, 0.6) is 5.75 Å². The van der Waals surface area contributed by atoms with Gasteiger partial charge >= 0.3 is 0 Å². The Balaban J connectivity index is 1.61. The highest BCUT2D eigenvalue weighted by atomic mass is 16.5. The SMILES string of the molecule is COc1ccc(CC(=O)N[C@@H]2CCO[C@H]2c2cnn(C(C)C)c2)cc1. The Kier molecular flexibility index (Phi) is 5.38. The van der Waals surface area contributed by atoms with Gasteiger partial charge in [0.05, 0.1) is 25.8 Å². The van der Waals surface area contributed by atoms with Crippen molar-refractivity contribution in [2.75, 3.05) is 13.7 Å². The molecule has 1 aromatic heterocycles. The van der Waals surface area contributed by atoms with Gasteiger partial charge in [-0.15, -0.1) is 0 Å². The molecular weight excluding hydrogens is 318 g/mol. The molecule has 0 bridgehead atoms. The minimum absolute atomic E-state index is 0.00178. The molecule has 1 saturated heterocycles. The minimum Gasteiger partial charge on any atom is -0.497 e. The van der Waals surface area contributed by atoms with E-state index < -0.39 is 0 Å². The fraction of sp³-hybridized carbons (Fsp3) is 0.474. The van der Waals surface area contributed by atoms with Crippen LogP contribution in [0.4, 0.5) is 0 Å². The van der Waals surface area contributed by atoms with E-state index in [-0.39, 0.29) is 18.1 Å². The first-order valence-electron chi connectivity index (χ1n) is 8.64. The third-order valence-corrected chi connectivity index (χ3v) is 4.44. The second kappa shape index (κ2) is 7.70. The van der Waals surface area contributed by atoms with Crippen LogP contribution in [0.25, 0.3) is 0 Å². The second-order valence-corrected chi connectivity index (χ2v) is 6.63. The van der Waals surface area contributed by atoms with Gasteiger partial charge in [0, 0.05) is 24.4 Å². The first kappa shape index (κ1) is 17.5. The van der Waals surface area contributed by atoms with Crippen molar-refractivity contribution in [1.82, 2.24) is 15.1 Å². The topological polar surface area (TPSA) is 65.4 Å². The van der Waals surface area contributed by atoms with Gasteiger partial charge in [-0.1, -0.05) is 12.1 Å². The molecule has 6 heteroatoms. The molecular formula is C19H25N3O3. The zero-order valence-corrected chi connectivity index (χ0v) is 14.9. The van der Waals surface area contributed by atoms with E-state index in [9.17, 15) is 4.79 Å². The monoisotopic (exact) mass is 343 g/mol. The molecule has 1 aliphatic rings. The van der Waals surface area contributed by atoms with Crippen molar-refractivity contribution < 1.29 is 14.3 Å². The van der Waals surface area contributed by atoms with E-state index >= 15 is 0 Å². The molecule has 2 heterocycles. The summed E-state index contributed by atoms with van der Waals surface area (Å²) in [6, 6.07) is 7.84. The molecule has 0 radical (unpaired) electrons. The molecule has 0 saturated carbocycles. The summed E-state index contributed by atoms with van der Waals surface area (Å²) in [5.74, 6) is 0.789. The molecule has 0 aliphatic carbocycles. The maximum Gasteiger partial charge on any atom is 0.224 e. The fourth-order valence-corrected chi connectivity index (χ4v) is 3.03. The number of amides is 1. The summed E-state index contributed by atoms with van der Waals surface area (Å²) in [5, 5.41) is 7.48. The molecule has 3 rings (SSSR count). The molecule has 1 aromatic carbocycles. The highest BCUT2D eigenvalue weighted by Gasteiger charge is 2.32. The van der Waals surface area contributed by atoms with E-state index in [1.54, 1.807) is 7.11 Å². The lowest BCUT2D eigenvalue weighted by molar-refractivity contribution is -0.121. The fourth-order valence-electron chi connectivity index (χ4n) is 3.03. The van der Waals surface area contributed by atoms with Crippen LogP contribution >= 0.6 is 0 Å². The highest BCUT2D eigenvalue weighted by molar-refractivity contribution is 5.79. The molecule has 2 atom stereocenters. The summed E-state index contributed by atoms with van der Waals surface area (Å²) >= 11 is 0. The lowest BCUT2D eigenvalue weighted by atomic mass is 10.0. The van der Waals surface area contributed by atoms with Crippen molar-refractivity contribution in [3.63, 3.8) is 0 Å². The van der Waals surface area contributed by atoms with Crippen molar-refractivity contribution in [3.05, 3.63) is 47.8 Å². The van der Waals surface area contributed by atoms with Crippen LogP contribution in [0.3, 0.4) is 0 Å². The van der Waals surface area contributed by atoms with Crippen LogP contribution in [0.15, 0.2) is 36.7 Å². The minimum atomic E-state index is -0.132. The molecule has 1 N–H and O–H groups in total. The maximum absolute atomic E-state index is 12.4. The third-order valence-electron chi connectivity index (χ3n) is 4.44. The predicted molar refractivity (Wildman–Crippen MR) is 94.6 cm³/mol. The maximum atomic E-state index is 12.4. The van der Waals surface area contributed by atoms with Crippen molar-refractivity contribution in [2.24, 2.45) is 0 Å². The van der Waals surface area contributed by atoms with Gasteiger partial charge in [0.25, 0.3) is 0 Å². The Bertz CT molecular complexity index is 709. The Labute approximate surface area is 148 Å². The van der Waals surface area contributed by atoms with Gasteiger partial charge in [-0.05, 0) is 38.0 Å². The first-order chi connectivity index (χ1) is 12.1. The van der Waals surface area contributed by atoms with Crippen molar-refractivity contribution in [1.29, 1.82) is 0 Å². The Hall–Kier alpha value is -2.34. The molecule has 1 amide bonds. The molecule has 2 aromatic rings. The number of aromatic nitrogens is 2. The standard InChI is InChI=1S/C19H25N3O3/c1-13(2)22-12-15(11-20-22)19-17(8-9-25-19)21-18(23)10-14-4-6-16(24-3)7-5-14/h4-7,11-13,17,19H,8-10H2,1-3H3,(H,21,23)/t17-,19+/m1/s1. The number of ether oxygens (including phenoxy) is 2. The van der Waals surface area contributed by atoms with Gasteiger partial charge in [0.15, 0.2) is 0 Å². The number of hydrogen-bond donors (Lipinski definition) is 1. The zero-order valence-electron chi connectivity index (χ0n) is 14.9. The average Bonchev–Trinajstić information content (AvgIpc) is 3.24. The number of methoxy groups -OCH3 is 1. The molecule has 0 unspecified atom stereocenters. The van der Waals surface area contributed by atoms with Gasteiger partial charge < -0.3 is 14.8 Å². The smallest absolute Gasteiger partial charge is 0.224 e. The van der Waals surface area contributed by atoms with Gasteiger partial charge in [-0.3, -0.25) is 9.48 Å². The summed E-state index contributed by atoms with van der Waals surface area (Å²) in [5.41, 5.74) is 1.97.